The molecule has 0 radical (unpaired) electrons. The summed E-state index contributed by atoms with van der Waals surface area (Å²) in [6.07, 6.45) is 62.5. The van der Waals surface area contributed by atoms with Gasteiger partial charge in [-0.1, -0.05) is 234 Å². The van der Waals surface area contributed by atoms with E-state index in [4.69, 9.17) is 25.1 Å². The minimum atomic E-state index is -1.08. The molecule has 0 saturated heterocycles. The molecule has 62 heavy (non-hydrogen) atoms. The van der Waals surface area contributed by atoms with Gasteiger partial charge in [0.05, 0.1) is 6.07 Å². The van der Waals surface area contributed by atoms with Gasteiger partial charge in [0, 0.05) is 18.9 Å². The van der Waals surface area contributed by atoms with Crippen LogP contribution in [0, 0.1) is 11.3 Å². The van der Waals surface area contributed by atoms with E-state index in [-0.39, 0.29) is 20.4 Å². The third-order valence-corrected chi connectivity index (χ3v) is 16.7. The van der Waals surface area contributed by atoms with Crippen molar-refractivity contribution in [2.45, 2.75) is 293 Å². The number of rotatable bonds is 42. The molecule has 0 aliphatic heterocycles. The van der Waals surface area contributed by atoms with E-state index in [1.165, 1.54) is 238 Å². The Bertz CT molecular complexity index is 685. The molecule has 376 valence electrons. The first-order chi connectivity index (χ1) is 29.6. The fourth-order valence-corrected chi connectivity index (χ4v) is 12.7. The quantitative estimate of drug-likeness (QED) is 0.0344. The van der Waals surface area contributed by atoms with Crippen molar-refractivity contribution in [2.75, 3.05) is 37.0 Å². The molecule has 0 atom stereocenters. The van der Waals surface area contributed by atoms with Gasteiger partial charge in [0.2, 0.25) is 0 Å². The maximum Gasteiger partial charge on any atom is 2.00 e. The number of nitriles is 1. The Morgan fingerprint density at radius 2 is 0.435 bits per heavy atom. The van der Waals surface area contributed by atoms with Crippen LogP contribution in [-0.4, -0.2) is 48.9 Å². The molecule has 0 N–H and O–H groups in total. The van der Waals surface area contributed by atoms with Gasteiger partial charge >= 0.3 is 20.4 Å². The second kappa shape index (κ2) is 72.5. The minimum Gasteiger partial charge on any atom is -0.550 e. The van der Waals surface area contributed by atoms with Crippen LogP contribution < -0.4 is 10.2 Å². The van der Waals surface area contributed by atoms with Gasteiger partial charge in [-0.25, -0.2) is 0 Å². The maximum absolute atomic E-state index is 8.89. The summed E-state index contributed by atoms with van der Waals surface area (Å²) in [4.78, 5) is 17.8. The Morgan fingerprint density at radius 3 is 0.548 bits per heavy atom. The molecular weight excluding hydrogens is 895 g/mol. The number of hydrogen-bond donors (Lipinski definition) is 0. The van der Waals surface area contributed by atoms with Crippen molar-refractivity contribution in [2.24, 2.45) is 0 Å². The van der Waals surface area contributed by atoms with Crippen LogP contribution in [0.25, 0.3) is 0 Å². The monoisotopic (exact) mass is 1010 g/mol. The molecule has 8 heteroatoms. The second-order valence-electron chi connectivity index (χ2n) is 17.5. The number of nitrogens with zero attached hydrogens (tertiary/aromatic N) is 1. The molecule has 0 unspecified atom stereocenters. The van der Waals surface area contributed by atoms with E-state index in [1.54, 1.807) is 43.0 Å². The van der Waals surface area contributed by atoms with Gasteiger partial charge in [-0.2, -0.15) is 5.26 Å². The molecule has 0 aromatic carbocycles. The molecule has 0 aliphatic rings. The summed E-state index contributed by atoms with van der Waals surface area (Å²) in [7, 11) is 0.732. The zero-order chi connectivity index (χ0) is 46.7. The van der Waals surface area contributed by atoms with Crippen LogP contribution in [0.5, 0.6) is 0 Å². The van der Waals surface area contributed by atoms with Gasteiger partial charge in [-0.15, -0.1) is 15.8 Å². The maximum atomic E-state index is 8.89. The topological polar surface area (TPSA) is 104 Å². The summed E-state index contributed by atoms with van der Waals surface area (Å²) in [5, 5.41) is 25.1. The number of carboxylic acid groups (broad SMARTS) is 2. The molecule has 0 fully saturated rings. The molecule has 0 aliphatic carbocycles. The predicted octanol–water partition coefficient (Wildman–Crippen LogP) is 17.1. The van der Waals surface area contributed by atoms with E-state index < -0.39 is 11.9 Å². The van der Waals surface area contributed by atoms with Crippen molar-refractivity contribution in [3.63, 3.8) is 0 Å². The van der Waals surface area contributed by atoms with Crippen LogP contribution in [0.15, 0.2) is 0 Å². The van der Waals surface area contributed by atoms with E-state index in [0.29, 0.717) is 15.8 Å². The zero-order valence-corrected chi connectivity index (χ0v) is 46.8. The van der Waals surface area contributed by atoms with Gasteiger partial charge in [0.1, 0.15) is 0 Å². The Labute approximate surface area is 407 Å². The first-order valence-electron chi connectivity index (χ1n) is 26.7. The van der Waals surface area contributed by atoms with Crippen LogP contribution in [0.3, 0.4) is 0 Å². The van der Waals surface area contributed by atoms with Crippen molar-refractivity contribution in [1.29, 1.82) is 5.26 Å². The van der Waals surface area contributed by atoms with Gasteiger partial charge in [-0.05, 0) is 89.3 Å². The molecule has 0 bridgehead atoms. The van der Waals surface area contributed by atoms with Crippen LogP contribution >= 0.6 is 15.8 Å². The van der Waals surface area contributed by atoms with E-state index in [2.05, 4.69) is 41.5 Å². The van der Waals surface area contributed by atoms with Gasteiger partial charge in [-0.3, -0.25) is 0 Å². The minimum absolute atomic E-state index is 0. The van der Waals surface area contributed by atoms with Crippen LogP contribution in [0.1, 0.15) is 293 Å². The fraction of sp³-hybridized carbons (Fsp3) is 0.944. The third-order valence-electron chi connectivity index (χ3n) is 11.0. The van der Waals surface area contributed by atoms with Gasteiger partial charge in [0.15, 0.2) is 0 Å². The zero-order valence-electron chi connectivity index (χ0n) is 43.5. The smallest absolute Gasteiger partial charge is 0.550 e. The van der Waals surface area contributed by atoms with Crippen molar-refractivity contribution in [1.82, 2.24) is 0 Å². The van der Waals surface area contributed by atoms with E-state index in [0.717, 1.165) is 13.8 Å². The number of carbonyl (C=O) groups excluding carboxylic acids is 2. The number of carbonyl (C=O) groups is 2. The molecule has 0 spiro atoms. The van der Waals surface area contributed by atoms with Crippen molar-refractivity contribution < 1.29 is 40.2 Å². The van der Waals surface area contributed by atoms with Gasteiger partial charge < -0.3 is 19.8 Å². The summed E-state index contributed by atoms with van der Waals surface area (Å²) in [5.41, 5.74) is 0. The normalized spacial score (nSPS) is 10.2. The van der Waals surface area contributed by atoms with Crippen molar-refractivity contribution in [3.05, 3.63) is 0 Å². The predicted molar refractivity (Wildman–Crippen MR) is 276 cm³/mol. The summed E-state index contributed by atoms with van der Waals surface area (Å²) in [6.45, 7) is 17.3. The number of hydrogen-bond acceptors (Lipinski definition) is 5. The first kappa shape index (κ1) is 73.5. The van der Waals surface area contributed by atoms with Crippen molar-refractivity contribution in [3.8, 4) is 6.07 Å². The Balaban J connectivity index is -0.000000201. The Morgan fingerprint density at radius 1 is 0.339 bits per heavy atom. The number of aliphatic carboxylic acids is 2. The fourth-order valence-electron chi connectivity index (χ4n) is 7.37. The van der Waals surface area contributed by atoms with E-state index >= 15 is 0 Å². The van der Waals surface area contributed by atoms with E-state index in [1.807, 2.05) is 0 Å². The largest absolute Gasteiger partial charge is 2.00 e. The van der Waals surface area contributed by atoms with Crippen molar-refractivity contribution >= 4 is 27.8 Å². The molecule has 0 aromatic heterocycles. The Hall–Kier alpha value is -0.0477. The molecule has 5 nitrogen and oxygen atoms in total. The average molecular weight is 1010 g/mol. The first-order valence-corrected chi connectivity index (χ1v) is 30.5. The molecule has 0 amide bonds. The number of unbranched alkanes of at least 4 members (excludes halogenated alkanes) is 30. The summed E-state index contributed by atoms with van der Waals surface area (Å²) >= 11 is 0. The molecule has 0 aromatic rings. The number of carboxylic acids is 2. The average Bonchev–Trinajstić information content (AvgIpc) is 3.22. The van der Waals surface area contributed by atoms with Gasteiger partial charge in [0.25, 0.3) is 0 Å². The SMILES string of the molecule is CC#N.CC(=O)[O-].CC(=O)[O-].CCCCCCCCP(CCCCCCCC)CCCCCCCC.CCCCCCCCP(CCCCCCCC)CCCCCCCC.[Pd+2]. The van der Waals surface area contributed by atoms with E-state index in [9.17, 15) is 0 Å². The molecular formula is C54H111NO4P2Pd. The standard InChI is InChI=1S/2C24H51P.C2H3N.2C2H4O2.Pd/c2*1-4-7-10-13-16-19-22-25(23-20-17-14-11-8-5-2)24-21-18-15-12-9-6-3;1-2-3;2*1-2(3)4;/h2*4-24H2,1-3H3;1H3;2*1H3,(H,3,4);/q;;;;;+2/p-2. The summed E-state index contributed by atoms with van der Waals surface area (Å²) in [5.74, 6) is -2.17. The van der Waals surface area contributed by atoms with Crippen LogP contribution in [0.2, 0.25) is 0 Å². The molecule has 0 heterocycles. The second-order valence-corrected chi connectivity index (χ2v) is 22.9. The summed E-state index contributed by atoms with van der Waals surface area (Å²) < 4.78 is 0. The van der Waals surface area contributed by atoms with Crippen LogP contribution in [-0.2, 0) is 30.0 Å². The summed E-state index contributed by atoms with van der Waals surface area (Å²) in [6, 6.07) is 1.75. The third kappa shape index (κ3) is 90.6. The Kier molecular flexibility index (Phi) is 86.0. The van der Waals surface area contributed by atoms with Crippen LogP contribution in [0.4, 0.5) is 0 Å². The molecule has 0 saturated carbocycles. The molecule has 0 rings (SSSR count).